The van der Waals surface area contributed by atoms with Gasteiger partial charge in [0.15, 0.2) is 5.78 Å². The second-order valence-electron chi connectivity index (χ2n) is 6.97. The second kappa shape index (κ2) is 8.45. The Morgan fingerprint density at radius 3 is 2.38 bits per heavy atom. The monoisotopic (exact) mass is 358 g/mol. The summed E-state index contributed by atoms with van der Waals surface area (Å²) in [6, 6.07) is 6.77. The van der Waals surface area contributed by atoms with E-state index in [0.29, 0.717) is 38.4 Å². The van der Waals surface area contributed by atoms with Crippen LogP contribution >= 0.6 is 0 Å². The maximum atomic E-state index is 12.9. The lowest BCUT2D eigenvalue weighted by atomic mass is 9.99. The fourth-order valence-electron chi connectivity index (χ4n) is 3.61. The minimum Gasteiger partial charge on any atom is -0.378 e. The molecule has 1 aromatic carbocycles. The van der Waals surface area contributed by atoms with Crippen LogP contribution in [0.4, 0.5) is 0 Å². The molecule has 2 aliphatic heterocycles. The molecule has 0 N–H and O–H groups in total. The largest absolute Gasteiger partial charge is 0.378 e. The summed E-state index contributed by atoms with van der Waals surface area (Å²) in [7, 11) is 0. The molecule has 0 saturated carbocycles. The van der Waals surface area contributed by atoms with Crippen LogP contribution in [0.25, 0.3) is 0 Å². The molecule has 1 unspecified atom stereocenters. The van der Waals surface area contributed by atoms with Crippen LogP contribution in [0.5, 0.6) is 0 Å². The summed E-state index contributed by atoms with van der Waals surface area (Å²) >= 11 is 0. The van der Waals surface area contributed by atoms with Crippen molar-refractivity contribution in [2.45, 2.75) is 38.6 Å². The summed E-state index contributed by atoms with van der Waals surface area (Å²) in [5.74, 6) is 0.0373. The highest BCUT2D eigenvalue weighted by atomic mass is 16.5. The number of carbonyl (C=O) groups is 3. The first-order valence-electron chi connectivity index (χ1n) is 9.32. The van der Waals surface area contributed by atoms with Crippen LogP contribution in [0.2, 0.25) is 0 Å². The number of benzene rings is 1. The predicted molar refractivity (Wildman–Crippen MR) is 96.9 cm³/mol. The Hall–Kier alpha value is -2.21. The zero-order chi connectivity index (χ0) is 18.5. The molecule has 0 aromatic heterocycles. The average Bonchev–Trinajstić information content (AvgIpc) is 2.68. The number of piperidine rings is 1. The minimum atomic E-state index is -0.356. The Bertz CT molecular complexity index is 665. The maximum absolute atomic E-state index is 12.9. The summed E-state index contributed by atoms with van der Waals surface area (Å²) in [6.07, 6.45) is 2.88. The van der Waals surface area contributed by atoms with Gasteiger partial charge in [-0.3, -0.25) is 14.4 Å². The van der Waals surface area contributed by atoms with E-state index in [1.54, 1.807) is 17.0 Å². The summed E-state index contributed by atoms with van der Waals surface area (Å²) in [6.45, 7) is 4.48. The number of morpholine rings is 1. The Morgan fingerprint density at radius 1 is 1.04 bits per heavy atom. The van der Waals surface area contributed by atoms with E-state index < -0.39 is 0 Å². The summed E-state index contributed by atoms with van der Waals surface area (Å²) in [5, 5.41) is 0. The summed E-state index contributed by atoms with van der Waals surface area (Å²) < 4.78 is 5.32. The number of hydrogen-bond donors (Lipinski definition) is 0. The SMILES string of the molecule is CC(=O)c1ccc(CC(=O)N2CCCCC2C(=O)N2CCOCC2)cc1. The maximum Gasteiger partial charge on any atom is 0.245 e. The third kappa shape index (κ3) is 4.30. The fraction of sp³-hybridized carbons (Fsp3) is 0.550. The van der Waals surface area contributed by atoms with Crippen molar-refractivity contribution >= 4 is 17.6 Å². The molecule has 3 rings (SSSR count). The number of nitrogens with zero attached hydrogens (tertiary/aromatic N) is 2. The van der Waals surface area contributed by atoms with Crippen molar-refractivity contribution in [2.24, 2.45) is 0 Å². The van der Waals surface area contributed by atoms with Gasteiger partial charge in [-0.2, -0.15) is 0 Å². The lowest BCUT2D eigenvalue weighted by Crippen LogP contribution is -2.55. The van der Waals surface area contributed by atoms with E-state index in [9.17, 15) is 14.4 Å². The van der Waals surface area contributed by atoms with Gasteiger partial charge in [-0.25, -0.2) is 0 Å². The number of likely N-dealkylation sites (tertiary alicyclic amines) is 1. The van der Waals surface area contributed by atoms with E-state index in [2.05, 4.69) is 0 Å². The van der Waals surface area contributed by atoms with Crippen LogP contribution in [0.1, 0.15) is 42.1 Å². The number of carbonyl (C=O) groups excluding carboxylic acids is 3. The van der Waals surface area contributed by atoms with Crippen LogP contribution in [0.15, 0.2) is 24.3 Å². The Kier molecular flexibility index (Phi) is 6.04. The Balaban J connectivity index is 1.67. The van der Waals surface area contributed by atoms with Gasteiger partial charge < -0.3 is 14.5 Å². The lowest BCUT2D eigenvalue weighted by molar-refractivity contribution is -0.149. The molecule has 0 radical (unpaired) electrons. The van der Waals surface area contributed by atoms with Crippen molar-refractivity contribution in [1.29, 1.82) is 0 Å². The van der Waals surface area contributed by atoms with Crippen molar-refractivity contribution in [1.82, 2.24) is 9.80 Å². The lowest BCUT2D eigenvalue weighted by Gasteiger charge is -2.38. The van der Waals surface area contributed by atoms with E-state index >= 15 is 0 Å². The van der Waals surface area contributed by atoms with Gasteiger partial charge in [-0.15, -0.1) is 0 Å². The first-order chi connectivity index (χ1) is 12.6. The molecule has 0 spiro atoms. The van der Waals surface area contributed by atoms with Gasteiger partial charge in [0.1, 0.15) is 6.04 Å². The molecule has 26 heavy (non-hydrogen) atoms. The molecule has 1 atom stereocenters. The molecule has 140 valence electrons. The highest BCUT2D eigenvalue weighted by Crippen LogP contribution is 2.21. The topological polar surface area (TPSA) is 66.9 Å². The molecule has 6 nitrogen and oxygen atoms in total. The highest BCUT2D eigenvalue weighted by molar-refractivity contribution is 5.94. The molecule has 0 aliphatic carbocycles. The van der Waals surface area contributed by atoms with Crippen molar-refractivity contribution in [3.8, 4) is 0 Å². The van der Waals surface area contributed by atoms with E-state index in [1.807, 2.05) is 17.0 Å². The first kappa shape index (κ1) is 18.6. The highest BCUT2D eigenvalue weighted by Gasteiger charge is 2.35. The minimum absolute atomic E-state index is 0.00933. The van der Waals surface area contributed by atoms with Crippen molar-refractivity contribution < 1.29 is 19.1 Å². The zero-order valence-corrected chi connectivity index (χ0v) is 15.3. The molecule has 2 saturated heterocycles. The number of ketones is 1. The molecule has 1 aromatic rings. The van der Waals surface area contributed by atoms with Crippen LogP contribution in [-0.2, 0) is 20.7 Å². The van der Waals surface area contributed by atoms with Gasteiger partial charge in [0.25, 0.3) is 0 Å². The third-order valence-electron chi connectivity index (χ3n) is 5.15. The number of rotatable bonds is 4. The smallest absolute Gasteiger partial charge is 0.245 e. The van der Waals surface area contributed by atoms with Gasteiger partial charge in [-0.1, -0.05) is 24.3 Å². The number of Topliss-reactive ketones (excluding diaryl/α,β-unsaturated/α-hetero) is 1. The van der Waals surface area contributed by atoms with Crippen LogP contribution in [0.3, 0.4) is 0 Å². The second-order valence-corrected chi connectivity index (χ2v) is 6.97. The van der Waals surface area contributed by atoms with E-state index in [1.165, 1.54) is 6.92 Å². The standard InChI is InChI=1S/C20H26N2O4/c1-15(23)17-7-5-16(6-8-17)14-19(24)22-9-3-2-4-18(22)20(25)21-10-12-26-13-11-21/h5-8,18H,2-4,9-14H2,1H3. The van der Waals surface area contributed by atoms with Gasteiger partial charge in [0, 0.05) is 25.2 Å². The van der Waals surface area contributed by atoms with Crippen LogP contribution in [0, 0.1) is 0 Å². The third-order valence-corrected chi connectivity index (χ3v) is 5.15. The van der Waals surface area contributed by atoms with Crippen molar-refractivity contribution in [2.75, 3.05) is 32.8 Å². The average molecular weight is 358 g/mol. The number of hydrogen-bond acceptors (Lipinski definition) is 4. The first-order valence-corrected chi connectivity index (χ1v) is 9.32. The molecule has 2 fully saturated rings. The van der Waals surface area contributed by atoms with E-state index in [-0.39, 0.29) is 30.1 Å². The number of ether oxygens (including phenoxy) is 1. The molecule has 6 heteroatoms. The van der Waals surface area contributed by atoms with Gasteiger partial charge in [-0.05, 0) is 31.7 Å². The van der Waals surface area contributed by atoms with E-state index in [0.717, 1.165) is 24.8 Å². The van der Waals surface area contributed by atoms with Crippen molar-refractivity contribution in [3.05, 3.63) is 35.4 Å². The molecule has 2 aliphatic rings. The normalized spacial score (nSPS) is 20.7. The van der Waals surface area contributed by atoms with Gasteiger partial charge >= 0.3 is 0 Å². The van der Waals surface area contributed by atoms with Gasteiger partial charge in [0.2, 0.25) is 11.8 Å². The molecule has 2 amide bonds. The van der Waals surface area contributed by atoms with Crippen LogP contribution < -0.4 is 0 Å². The molecular weight excluding hydrogens is 332 g/mol. The summed E-state index contributed by atoms with van der Waals surface area (Å²) in [4.78, 5) is 40.7. The predicted octanol–water partition coefficient (Wildman–Crippen LogP) is 1.67. The van der Waals surface area contributed by atoms with Gasteiger partial charge in [0.05, 0.1) is 19.6 Å². The number of amides is 2. The molecular formula is C20H26N2O4. The molecule has 2 heterocycles. The van der Waals surface area contributed by atoms with E-state index in [4.69, 9.17) is 4.74 Å². The Labute approximate surface area is 154 Å². The summed E-state index contributed by atoms with van der Waals surface area (Å²) in [5.41, 5.74) is 1.50. The fourth-order valence-corrected chi connectivity index (χ4v) is 3.61. The van der Waals surface area contributed by atoms with Crippen LogP contribution in [-0.4, -0.2) is 66.3 Å². The molecule has 0 bridgehead atoms. The van der Waals surface area contributed by atoms with Crippen molar-refractivity contribution in [3.63, 3.8) is 0 Å². The quantitative estimate of drug-likeness (QED) is 0.768. The Morgan fingerprint density at radius 2 is 1.73 bits per heavy atom. The zero-order valence-electron chi connectivity index (χ0n) is 15.3.